The molecule has 0 aromatic carbocycles. The quantitative estimate of drug-likeness (QED) is 0.882. The lowest BCUT2D eigenvalue weighted by atomic mass is 10.1. The second-order valence-corrected chi connectivity index (χ2v) is 6.90. The molecule has 1 fully saturated rings. The molecule has 2 aromatic rings. The largest absolute Gasteiger partial charge is 0.365 e. The molecule has 0 spiro atoms. The Kier molecular flexibility index (Phi) is 5.02. The van der Waals surface area contributed by atoms with E-state index in [0.29, 0.717) is 6.04 Å². The molecule has 22 heavy (non-hydrogen) atoms. The third-order valence-electron chi connectivity index (χ3n) is 3.94. The number of pyridine rings is 1. The molecule has 5 nitrogen and oxygen atoms in total. The van der Waals surface area contributed by atoms with E-state index in [9.17, 15) is 0 Å². The van der Waals surface area contributed by atoms with E-state index in [1.54, 1.807) is 11.3 Å². The van der Waals surface area contributed by atoms with Gasteiger partial charge >= 0.3 is 0 Å². The Morgan fingerprint density at radius 1 is 1.36 bits per heavy atom. The second-order valence-electron chi connectivity index (χ2n) is 5.78. The molecule has 0 amide bonds. The van der Waals surface area contributed by atoms with Gasteiger partial charge < -0.3 is 10.6 Å². The summed E-state index contributed by atoms with van der Waals surface area (Å²) < 4.78 is 0. The number of hydrogen-bond acceptors (Lipinski definition) is 6. The minimum absolute atomic E-state index is 0.495. The van der Waals surface area contributed by atoms with Crippen molar-refractivity contribution in [1.82, 2.24) is 20.2 Å². The smallest absolute Gasteiger partial charge is 0.182 e. The van der Waals surface area contributed by atoms with Gasteiger partial charge in [-0.3, -0.25) is 9.88 Å². The molecule has 0 bridgehead atoms. The molecule has 1 aliphatic heterocycles. The maximum Gasteiger partial charge on any atom is 0.182 e. The number of nitrogens with zero attached hydrogens (tertiary/aromatic N) is 3. The maximum absolute atomic E-state index is 4.39. The van der Waals surface area contributed by atoms with Crippen LogP contribution in [0.5, 0.6) is 0 Å². The zero-order valence-electron chi connectivity index (χ0n) is 13.2. The average Bonchev–Trinajstić information content (AvgIpc) is 2.98. The number of aromatic nitrogens is 2. The standard InChI is InChI=1S/C16H23N5S/c1-12-3-4-13(8-19-12)7-14-10-21(6-5-18-14)11-15-9-20-16(17-2)22-15/h3-4,8-9,14,18H,5-7,10-11H2,1-2H3,(H,17,20). The van der Waals surface area contributed by atoms with Crippen LogP contribution in [-0.2, 0) is 13.0 Å². The van der Waals surface area contributed by atoms with Crippen LogP contribution in [0.4, 0.5) is 5.13 Å². The monoisotopic (exact) mass is 317 g/mol. The molecule has 118 valence electrons. The Labute approximate surface area is 135 Å². The number of thiazole rings is 1. The van der Waals surface area contributed by atoms with E-state index < -0.39 is 0 Å². The zero-order chi connectivity index (χ0) is 15.4. The average molecular weight is 317 g/mol. The first-order valence-corrected chi connectivity index (χ1v) is 8.54. The number of hydrogen-bond donors (Lipinski definition) is 2. The van der Waals surface area contributed by atoms with Crippen LogP contribution in [0, 0.1) is 6.92 Å². The molecule has 1 saturated heterocycles. The molecule has 2 N–H and O–H groups in total. The summed E-state index contributed by atoms with van der Waals surface area (Å²) in [6, 6.07) is 4.77. The molecule has 0 radical (unpaired) electrons. The third-order valence-corrected chi connectivity index (χ3v) is 4.94. The van der Waals surface area contributed by atoms with Crippen LogP contribution in [0.2, 0.25) is 0 Å². The fourth-order valence-electron chi connectivity index (χ4n) is 2.79. The van der Waals surface area contributed by atoms with Gasteiger partial charge in [0.05, 0.1) is 0 Å². The van der Waals surface area contributed by atoms with Gasteiger partial charge in [0.2, 0.25) is 0 Å². The summed E-state index contributed by atoms with van der Waals surface area (Å²) in [6.07, 6.45) is 5.02. The number of aryl methyl sites for hydroxylation is 1. The van der Waals surface area contributed by atoms with Crippen molar-refractivity contribution < 1.29 is 0 Å². The van der Waals surface area contributed by atoms with Crippen LogP contribution < -0.4 is 10.6 Å². The normalized spacial score (nSPS) is 19.3. The van der Waals surface area contributed by atoms with Crippen LogP contribution in [0.3, 0.4) is 0 Å². The van der Waals surface area contributed by atoms with Gasteiger partial charge in [0, 0.05) is 62.2 Å². The predicted octanol–water partition coefficient (Wildman–Crippen LogP) is 1.90. The number of rotatable bonds is 5. The van der Waals surface area contributed by atoms with Gasteiger partial charge in [-0.05, 0) is 25.0 Å². The van der Waals surface area contributed by atoms with Gasteiger partial charge in [-0.15, -0.1) is 11.3 Å². The molecule has 2 aromatic heterocycles. The summed E-state index contributed by atoms with van der Waals surface area (Å²) in [7, 11) is 1.92. The Morgan fingerprint density at radius 2 is 2.27 bits per heavy atom. The fourth-order valence-corrected chi connectivity index (χ4v) is 3.60. The van der Waals surface area contributed by atoms with E-state index in [-0.39, 0.29) is 0 Å². The lowest BCUT2D eigenvalue weighted by Crippen LogP contribution is -2.51. The molecule has 1 atom stereocenters. The molecule has 3 heterocycles. The van der Waals surface area contributed by atoms with E-state index in [4.69, 9.17) is 0 Å². The van der Waals surface area contributed by atoms with Gasteiger partial charge in [0.15, 0.2) is 5.13 Å². The molecule has 0 aliphatic carbocycles. The molecule has 1 aliphatic rings. The van der Waals surface area contributed by atoms with Crippen LogP contribution in [-0.4, -0.2) is 47.6 Å². The fraction of sp³-hybridized carbons (Fsp3) is 0.500. The number of anilines is 1. The highest BCUT2D eigenvalue weighted by Crippen LogP contribution is 2.20. The van der Waals surface area contributed by atoms with E-state index in [1.165, 1.54) is 10.4 Å². The number of nitrogens with one attached hydrogen (secondary N) is 2. The van der Waals surface area contributed by atoms with Crippen molar-refractivity contribution in [3.05, 3.63) is 40.7 Å². The summed E-state index contributed by atoms with van der Waals surface area (Å²) in [4.78, 5) is 12.6. The van der Waals surface area contributed by atoms with Gasteiger partial charge in [-0.25, -0.2) is 4.98 Å². The van der Waals surface area contributed by atoms with Crippen LogP contribution in [0.1, 0.15) is 16.1 Å². The second kappa shape index (κ2) is 7.17. The van der Waals surface area contributed by atoms with E-state index in [0.717, 1.165) is 43.4 Å². The van der Waals surface area contributed by atoms with Crippen molar-refractivity contribution in [2.75, 3.05) is 32.0 Å². The highest BCUT2D eigenvalue weighted by molar-refractivity contribution is 7.15. The van der Waals surface area contributed by atoms with E-state index in [2.05, 4.69) is 37.6 Å². The first-order chi connectivity index (χ1) is 10.7. The first-order valence-electron chi connectivity index (χ1n) is 7.72. The minimum Gasteiger partial charge on any atom is -0.365 e. The summed E-state index contributed by atoms with van der Waals surface area (Å²) in [5.74, 6) is 0. The highest BCUT2D eigenvalue weighted by atomic mass is 32.1. The minimum atomic E-state index is 0.495. The third kappa shape index (κ3) is 4.03. The summed E-state index contributed by atoms with van der Waals surface area (Å²) in [5.41, 5.74) is 2.38. The van der Waals surface area contributed by atoms with Crippen molar-refractivity contribution in [2.24, 2.45) is 0 Å². The van der Waals surface area contributed by atoms with Crippen molar-refractivity contribution in [2.45, 2.75) is 25.9 Å². The molecule has 6 heteroatoms. The highest BCUT2D eigenvalue weighted by Gasteiger charge is 2.20. The van der Waals surface area contributed by atoms with Crippen molar-refractivity contribution in [3.63, 3.8) is 0 Å². The topological polar surface area (TPSA) is 53.1 Å². The first kappa shape index (κ1) is 15.4. The predicted molar refractivity (Wildman–Crippen MR) is 91.4 cm³/mol. The summed E-state index contributed by atoms with van der Waals surface area (Å²) in [5, 5.41) is 7.71. The van der Waals surface area contributed by atoms with Crippen molar-refractivity contribution >= 4 is 16.5 Å². The molecule has 1 unspecified atom stereocenters. The van der Waals surface area contributed by atoms with Gasteiger partial charge in [0.1, 0.15) is 0 Å². The summed E-state index contributed by atoms with van der Waals surface area (Å²) in [6.45, 7) is 6.22. The Bertz CT molecular complexity index is 595. The Balaban J connectivity index is 1.55. The molecular formula is C16H23N5S. The molecular weight excluding hydrogens is 294 g/mol. The molecule has 3 rings (SSSR count). The van der Waals surface area contributed by atoms with Crippen molar-refractivity contribution in [1.29, 1.82) is 0 Å². The zero-order valence-corrected chi connectivity index (χ0v) is 14.0. The van der Waals surface area contributed by atoms with Gasteiger partial charge in [-0.1, -0.05) is 6.07 Å². The van der Waals surface area contributed by atoms with Crippen molar-refractivity contribution in [3.8, 4) is 0 Å². The maximum atomic E-state index is 4.39. The Hall–Kier alpha value is -1.50. The lowest BCUT2D eigenvalue weighted by Gasteiger charge is -2.33. The SMILES string of the molecule is CNc1ncc(CN2CCNC(Cc3ccc(C)nc3)C2)s1. The van der Waals surface area contributed by atoms with E-state index in [1.807, 2.05) is 26.4 Å². The number of piperazine rings is 1. The van der Waals surface area contributed by atoms with Crippen LogP contribution in [0.15, 0.2) is 24.5 Å². The van der Waals surface area contributed by atoms with Crippen LogP contribution >= 0.6 is 11.3 Å². The van der Waals surface area contributed by atoms with Gasteiger partial charge in [0.25, 0.3) is 0 Å². The molecule has 0 saturated carbocycles. The summed E-state index contributed by atoms with van der Waals surface area (Å²) >= 11 is 1.74. The van der Waals surface area contributed by atoms with Crippen LogP contribution in [0.25, 0.3) is 0 Å². The van der Waals surface area contributed by atoms with E-state index >= 15 is 0 Å². The van der Waals surface area contributed by atoms with Gasteiger partial charge in [-0.2, -0.15) is 0 Å². The Morgan fingerprint density at radius 3 is 3.00 bits per heavy atom. The lowest BCUT2D eigenvalue weighted by molar-refractivity contribution is 0.193.